The van der Waals surface area contributed by atoms with Crippen LogP contribution < -0.4 is 5.32 Å². The fourth-order valence-corrected chi connectivity index (χ4v) is 7.13. The second-order valence-corrected chi connectivity index (χ2v) is 12.8. The van der Waals surface area contributed by atoms with Crippen LogP contribution in [0.5, 0.6) is 0 Å². The molecular formula is C43H26ClN3O2. The molecule has 0 radical (unpaired) electrons. The van der Waals surface area contributed by atoms with E-state index < -0.39 is 0 Å². The highest BCUT2D eigenvalue weighted by Gasteiger charge is 2.23. The molecule has 6 heteroatoms. The van der Waals surface area contributed by atoms with Crippen molar-refractivity contribution in [1.82, 2.24) is 5.32 Å². The minimum atomic E-state index is -0.359. The van der Waals surface area contributed by atoms with E-state index in [1.807, 2.05) is 54.6 Å². The lowest BCUT2D eigenvalue weighted by Gasteiger charge is -2.24. The highest BCUT2D eigenvalue weighted by molar-refractivity contribution is 6.32. The molecule has 3 heterocycles. The predicted molar refractivity (Wildman–Crippen MR) is 201 cm³/mol. The Morgan fingerprint density at radius 1 is 0.510 bits per heavy atom. The minimum absolute atomic E-state index is 0.359. The Kier molecular flexibility index (Phi) is 6.23. The molecule has 0 aliphatic carbocycles. The fraction of sp³-hybridized carbons (Fsp3) is 0.0233. The molecule has 0 saturated heterocycles. The molecule has 0 fully saturated rings. The van der Waals surface area contributed by atoms with E-state index in [-0.39, 0.29) is 6.17 Å². The predicted octanol–water partition coefficient (Wildman–Crippen LogP) is 11.5. The molecule has 5 nitrogen and oxygen atoms in total. The maximum atomic E-state index is 6.31. The monoisotopic (exact) mass is 651 g/mol. The Hall–Kier alpha value is -6.17. The van der Waals surface area contributed by atoms with Gasteiger partial charge in [0.25, 0.3) is 0 Å². The van der Waals surface area contributed by atoms with Gasteiger partial charge in [0.05, 0.1) is 0 Å². The van der Waals surface area contributed by atoms with Crippen LogP contribution >= 0.6 is 11.6 Å². The van der Waals surface area contributed by atoms with Crippen LogP contribution in [0.3, 0.4) is 0 Å². The van der Waals surface area contributed by atoms with Gasteiger partial charge in [-0.2, -0.15) is 0 Å². The Labute approximate surface area is 285 Å². The maximum Gasteiger partial charge on any atom is 0.159 e. The second kappa shape index (κ2) is 10.9. The number of fused-ring (bicyclic) bond motifs is 8. The van der Waals surface area contributed by atoms with Crippen LogP contribution in [0, 0.1) is 0 Å². The number of hydrogen-bond donors (Lipinski definition) is 1. The number of furan rings is 2. The van der Waals surface area contributed by atoms with E-state index in [1.165, 1.54) is 5.56 Å². The van der Waals surface area contributed by atoms with E-state index in [0.29, 0.717) is 10.9 Å². The van der Waals surface area contributed by atoms with Crippen LogP contribution in [0.2, 0.25) is 5.02 Å². The number of aliphatic imine (C=N–C) groups is 2. The zero-order chi connectivity index (χ0) is 32.5. The van der Waals surface area contributed by atoms with Gasteiger partial charge in [0.15, 0.2) is 5.84 Å². The van der Waals surface area contributed by atoms with Gasteiger partial charge in [-0.1, -0.05) is 109 Å². The quantitative estimate of drug-likeness (QED) is 0.206. The molecule has 10 rings (SSSR count). The Bertz CT molecular complexity index is 2810. The number of benzene rings is 7. The van der Waals surface area contributed by atoms with E-state index in [1.54, 1.807) is 0 Å². The molecule has 0 amide bonds. The Morgan fingerprint density at radius 3 is 2.10 bits per heavy atom. The zero-order valence-electron chi connectivity index (χ0n) is 26.0. The summed E-state index contributed by atoms with van der Waals surface area (Å²) in [6, 6.07) is 49.7. The molecule has 49 heavy (non-hydrogen) atoms. The lowest BCUT2D eigenvalue weighted by Crippen LogP contribution is -2.33. The van der Waals surface area contributed by atoms with Crippen molar-refractivity contribution in [2.45, 2.75) is 6.17 Å². The number of para-hydroxylation sites is 1. The third-order valence-electron chi connectivity index (χ3n) is 9.40. The molecule has 2 aromatic heterocycles. The lowest BCUT2D eigenvalue weighted by atomic mass is 10.00. The average Bonchev–Trinajstić information content (AvgIpc) is 3.72. The normalized spacial score (nSPS) is 14.8. The number of halogens is 1. The van der Waals surface area contributed by atoms with Crippen molar-refractivity contribution in [2.75, 3.05) is 0 Å². The standard InChI is InChI=1S/C43H26ClN3O2/c44-31-18-20-34-39(24-31)49-37-21-17-27-12-15-29(22-35(27)40(34)37)42-45-41(28-13-10-26(11-14-28)25-6-2-1-3-7-25)46-43(47-42)30-16-19-33-32-8-4-5-9-36(32)48-38(33)23-30/h1-24,41H,(H,45,46,47). The summed E-state index contributed by atoms with van der Waals surface area (Å²) in [7, 11) is 0. The first kappa shape index (κ1) is 27.9. The van der Waals surface area contributed by atoms with Gasteiger partial charge in [0.1, 0.15) is 34.3 Å². The van der Waals surface area contributed by atoms with Crippen molar-refractivity contribution in [3.8, 4) is 11.1 Å². The fourth-order valence-electron chi connectivity index (χ4n) is 6.96. The van der Waals surface area contributed by atoms with Gasteiger partial charge < -0.3 is 14.2 Å². The van der Waals surface area contributed by atoms with Gasteiger partial charge in [-0.05, 0) is 69.9 Å². The van der Waals surface area contributed by atoms with Crippen molar-refractivity contribution in [3.63, 3.8) is 0 Å². The number of hydrogen-bond acceptors (Lipinski definition) is 5. The summed E-state index contributed by atoms with van der Waals surface area (Å²) in [5.74, 6) is 1.37. The Morgan fingerprint density at radius 2 is 1.20 bits per heavy atom. The van der Waals surface area contributed by atoms with Crippen LogP contribution in [0.25, 0.3) is 65.8 Å². The average molecular weight is 652 g/mol. The molecule has 7 aromatic carbocycles. The smallest absolute Gasteiger partial charge is 0.159 e. The van der Waals surface area contributed by atoms with Gasteiger partial charge in [-0.15, -0.1) is 0 Å². The van der Waals surface area contributed by atoms with Crippen molar-refractivity contribution >= 4 is 77.9 Å². The maximum absolute atomic E-state index is 6.31. The summed E-state index contributed by atoms with van der Waals surface area (Å²) in [5, 5.41) is 10.7. The largest absolute Gasteiger partial charge is 0.456 e. The first-order valence-corrected chi connectivity index (χ1v) is 16.6. The zero-order valence-corrected chi connectivity index (χ0v) is 26.8. The van der Waals surface area contributed by atoms with Crippen LogP contribution in [-0.4, -0.2) is 11.7 Å². The number of amidine groups is 2. The molecule has 1 aliphatic rings. The summed E-state index contributed by atoms with van der Waals surface area (Å²) in [4.78, 5) is 10.3. The minimum Gasteiger partial charge on any atom is -0.456 e. The highest BCUT2D eigenvalue weighted by Crippen LogP contribution is 2.37. The second-order valence-electron chi connectivity index (χ2n) is 12.4. The molecule has 1 atom stereocenters. The third-order valence-corrected chi connectivity index (χ3v) is 9.64. The topological polar surface area (TPSA) is 63.0 Å². The van der Waals surface area contributed by atoms with Crippen LogP contribution in [0.15, 0.2) is 164 Å². The lowest BCUT2D eigenvalue weighted by molar-refractivity contribution is 0.667. The molecular weight excluding hydrogens is 626 g/mol. The summed E-state index contributed by atoms with van der Waals surface area (Å²) in [6.45, 7) is 0. The molecule has 1 N–H and O–H groups in total. The van der Waals surface area contributed by atoms with Crippen LogP contribution in [0.4, 0.5) is 0 Å². The SMILES string of the molecule is Clc1ccc2c(c1)oc1ccc3ccc(C4=NC(c5ccc6c(c5)oc5ccccc56)=NC(c5ccc(-c6ccccc6)cc5)N4)cc3c12. The molecule has 232 valence electrons. The van der Waals surface area contributed by atoms with Gasteiger partial charge in [0, 0.05) is 43.8 Å². The summed E-state index contributed by atoms with van der Waals surface area (Å²) < 4.78 is 12.5. The van der Waals surface area contributed by atoms with Crippen molar-refractivity contribution in [2.24, 2.45) is 9.98 Å². The Balaban J connectivity index is 1.12. The van der Waals surface area contributed by atoms with Crippen molar-refractivity contribution in [3.05, 3.63) is 167 Å². The number of rotatable bonds is 4. The third kappa shape index (κ3) is 4.70. The van der Waals surface area contributed by atoms with Gasteiger partial charge in [-0.3, -0.25) is 0 Å². The van der Waals surface area contributed by atoms with E-state index in [4.69, 9.17) is 30.4 Å². The summed E-state index contributed by atoms with van der Waals surface area (Å²) in [6.07, 6.45) is -0.359. The molecule has 1 unspecified atom stereocenters. The first-order chi connectivity index (χ1) is 24.1. The van der Waals surface area contributed by atoms with Gasteiger partial charge in [-0.25, -0.2) is 9.98 Å². The molecule has 0 bridgehead atoms. The van der Waals surface area contributed by atoms with Gasteiger partial charge >= 0.3 is 0 Å². The summed E-state index contributed by atoms with van der Waals surface area (Å²) in [5.41, 5.74) is 8.45. The summed E-state index contributed by atoms with van der Waals surface area (Å²) >= 11 is 6.31. The first-order valence-electron chi connectivity index (χ1n) is 16.2. The van der Waals surface area contributed by atoms with E-state index in [9.17, 15) is 0 Å². The van der Waals surface area contributed by atoms with Crippen LogP contribution in [0.1, 0.15) is 22.9 Å². The molecule has 0 spiro atoms. The number of nitrogens with one attached hydrogen (secondary N) is 1. The van der Waals surface area contributed by atoms with Crippen molar-refractivity contribution in [1.29, 1.82) is 0 Å². The molecule has 1 aliphatic heterocycles. The molecule has 0 saturated carbocycles. The van der Waals surface area contributed by atoms with E-state index in [2.05, 4.69) is 96.3 Å². The number of nitrogens with zero attached hydrogens (tertiary/aromatic N) is 2. The van der Waals surface area contributed by atoms with E-state index in [0.717, 1.165) is 82.7 Å². The molecule has 9 aromatic rings. The van der Waals surface area contributed by atoms with Crippen LogP contribution in [-0.2, 0) is 0 Å². The van der Waals surface area contributed by atoms with Gasteiger partial charge in [0.2, 0.25) is 0 Å². The van der Waals surface area contributed by atoms with Crippen molar-refractivity contribution < 1.29 is 8.83 Å². The highest BCUT2D eigenvalue weighted by atomic mass is 35.5. The van der Waals surface area contributed by atoms with E-state index >= 15 is 0 Å².